The minimum absolute atomic E-state index is 0.452. The van der Waals surface area contributed by atoms with E-state index in [2.05, 4.69) is 25.3 Å². The lowest BCUT2D eigenvalue weighted by Gasteiger charge is -2.05. The Morgan fingerprint density at radius 1 is 1.44 bits per heavy atom. The molecule has 0 radical (unpaired) electrons. The number of aromatic amines is 1. The maximum atomic E-state index is 5.82. The molecule has 2 aromatic rings. The first kappa shape index (κ1) is 10.9. The van der Waals surface area contributed by atoms with Crippen molar-refractivity contribution in [3.05, 3.63) is 35.3 Å². The number of H-pyrrole nitrogens is 1. The van der Waals surface area contributed by atoms with Gasteiger partial charge in [0.25, 0.3) is 0 Å². The van der Waals surface area contributed by atoms with Gasteiger partial charge in [0, 0.05) is 31.4 Å². The van der Waals surface area contributed by atoms with E-state index in [0.29, 0.717) is 11.0 Å². The second-order valence-electron chi connectivity index (χ2n) is 3.34. The number of aryl methyl sites for hydroxylation is 1. The summed E-state index contributed by atoms with van der Waals surface area (Å²) < 4.78 is 0. The SMILES string of the molecule is Cc1nc(Cl)cc(NCCc2ncc[nH]2)n1. The molecule has 2 aromatic heterocycles. The highest BCUT2D eigenvalue weighted by atomic mass is 35.5. The Kier molecular flexibility index (Phi) is 3.36. The Balaban J connectivity index is 1.89. The molecule has 2 N–H and O–H groups in total. The first-order valence-electron chi connectivity index (χ1n) is 4.97. The number of hydrogen-bond donors (Lipinski definition) is 2. The molecule has 5 nitrogen and oxygen atoms in total. The van der Waals surface area contributed by atoms with Crippen LogP contribution in [0.2, 0.25) is 5.15 Å². The van der Waals surface area contributed by atoms with Crippen LogP contribution in [0.1, 0.15) is 11.6 Å². The molecule has 0 unspecified atom stereocenters. The van der Waals surface area contributed by atoms with Crippen LogP contribution in [0.4, 0.5) is 5.82 Å². The van der Waals surface area contributed by atoms with E-state index in [1.165, 1.54) is 0 Å². The van der Waals surface area contributed by atoms with Crippen molar-refractivity contribution in [3.8, 4) is 0 Å². The van der Waals surface area contributed by atoms with E-state index in [-0.39, 0.29) is 0 Å². The Labute approximate surface area is 98.3 Å². The van der Waals surface area contributed by atoms with Gasteiger partial charge in [0.1, 0.15) is 22.6 Å². The van der Waals surface area contributed by atoms with E-state index in [4.69, 9.17) is 11.6 Å². The standard InChI is InChI=1S/C10H12ClN5/c1-7-15-8(11)6-10(16-7)12-3-2-9-13-4-5-14-9/h4-6H,2-3H2,1H3,(H,13,14)(H,12,15,16). The lowest BCUT2D eigenvalue weighted by atomic mass is 10.4. The van der Waals surface area contributed by atoms with Gasteiger partial charge in [0.05, 0.1) is 0 Å². The van der Waals surface area contributed by atoms with Crippen LogP contribution in [0.5, 0.6) is 0 Å². The van der Waals surface area contributed by atoms with Gasteiger partial charge in [0.15, 0.2) is 0 Å². The fourth-order valence-corrected chi connectivity index (χ4v) is 1.59. The minimum atomic E-state index is 0.452. The predicted molar refractivity (Wildman–Crippen MR) is 62.6 cm³/mol. The predicted octanol–water partition coefficient (Wildman–Crippen LogP) is 1.82. The van der Waals surface area contributed by atoms with Crippen LogP contribution in [0.15, 0.2) is 18.5 Å². The molecule has 0 aliphatic heterocycles. The summed E-state index contributed by atoms with van der Waals surface area (Å²) in [5.41, 5.74) is 0. The van der Waals surface area contributed by atoms with Gasteiger partial charge in [-0.2, -0.15) is 0 Å². The molecule has 84 valence electrons. The summed E-state index contributed by atoms with van der Waals surface area (Å²) in [7, 11) is 0. The van der Waals surface area contributed by atoms with E-state index in [0.717, 1.165) is 24.6 Å². The zero-order chi connectivity index (χ0) is 11.4. The van der Waals surface area contributed by atoms with Crippen LogP contribution in [-0.2, 0) is 6.42 Å². The summed E-state index contributed by atoms with van der Waals surface area (Å²) in [6, 6.07) is 1.71. The molecule has 0 saturated heterocycles. The highest BCUT2D eigenvalue weighted by Gasteiger charge is 2.00. The minimum Gasteiger partial charge on any atom is -0.369 e. The van der Waals surface area contributed by atoms with Crippen LogP contribution in [0.3, 0.4) is 0 Å². The van der Waals surface area contributed by atoms with Gasteiger partial charge < -0.3 is 10.3 Å². The molecule has 6 heteroatoms. The van der Waals surface area contributed by atoms with Gasteiger partial charge in [-0.05, 0) is 6.92 Å². The first-order chi connectivity index (χ1) is 7.74. The largest absolute Gasteiger partial charge is 0.369 e. The summed E-state index contributed by atoms with van der Waals surface area (Å²) in [4.78, 5) is 15.4. The summed E-state index contributed by atoms with van der Waals surface area (Å²) in [6.45, 7) is 2.56. The first-order valence-corrected chi connectivity index (χ1v) is 5.35. The lowest BCUT2D eigenvalue weighted by molar-refractivity contribution is 0.915. The van der Waals surface area contributed by atoms with Crippen molar-refractivity contribution in [2.45, 2.75) is 13.3 Å². The zero-order valence-electron chi connectivity index (χ0n) is 8.87. The topological polar surface area (TPSA) is 66.5 Å². The Morgan fingerprint density at radius 2 is 2.31 bits per heavy atom. The second-order valence-corrected chi connectivity index (χ2v) is 3.72. The molecule has 0 spiro atoms. The van der Waals surface area contributed by atoms with Gasteiger partial charge in [-0.15, -0.1) is 0 Å². The highest BCUT2D eigenvalue weighted by molar-refractivity contribution is 6.29. The average Bonchev–Trinajstić information content (AvgIpc) is 2.69. The number of anilines is 1. The molecule has 2 rings (SSSR count). The van der Waals surface area contributed by atoms with Crippen molar-refractivity contribution in [1.29, 1.82) is 0 Å². The summed E-state index contributed by atoms with van der Waals surface area (Å²) in [6.07, 6.45) is 4.36. The van der Waals surface area contributed by atoms with Crippen molar-refractivity contribution >= 4 is 17.4 Å². The smallest absolute Gasteiger partial charge is 0.134 e. The van der Waals surface area contributed by atoms with Crippen LogP contribution in [-0.4, -0.2) is 26.5 Å². The van der Waals surface area contributed by atoms with Crippen molar-refractivity contribution in [2.75, 3.05) is 11.9 Å². The third-order valence-electron chi connectivity index (χ3n) is 2.03. The van der Waals surface area contributed by atoms with E-state index in [1.807, 2.05) is 6.92 Å². The van der Waals surface area contributed by atoms with Crippen molar-refractivity contribution < 1.29 is 0 Å². The van der Waals surface area contributed by atoms with Crippen molar-refractivity contribution in [2.24, 2.45) is 0 Å². The van der Waals surface area contributed by atoms with Crippen LogP contribution >= 0.6 is 11.6 Å². The van der Waals surface area contributed by atoms with Gasteiger partial charge in [-0.25, -0.2) is 15.0 Å². The highest BCUT2D eigenvalue weighted by Crippen LogP contribution is 2.10. The van der Waals surface area contributed by atoms with Gasteiger partial charge in [-0.3, -0.25) is 0 Å². The fraction of sp³-hybridized carbons (Fsp3) is 0.300. The number of aromatic nitrogens is 4. The summed E-state index contributed by atoms with van der Waals surface area (Å²) in [5, 5.41) is 3.62. The van der Waals surface area contributed by atoms with Crippen molar-refractivity contribution in [1.82, 2.24) is 19.9 Å². The third kappa shape index (κ3) is 2.93. The van der Waals surface area contributed by atoms with E-state index in [9.17, 15) is 0 Å². The molecule has 16 heavy (non-hydrogen) atoms. The van der Waals surface area contributed by atoms with E-state index in [1.54, 1.807) is 18.5 Å². The number of halogens is 1. The van der Waals surface area contributed by atoms with Gasteiger partial charge in [0.2, 0.25) is 0 Å². The van der Waals surface area contributed by atoms with Crippen molar-refractivity contribution in [3.63, 3.8) is 0 Å². The summed E-state index contributed by atoms with van der Waals surface area (Å²) >= 11 is 5.82. The van der Waals surface area contributed by atoms with Gasteiger partial charge in [-0.1, -0.05) is 11.6 Å². The van der Waals surface area contributed by atoms with Crippen LogP contribution < -0.4 is 5.32 Å². The maximum Gasteiger partial charge on any atom is 0.134 e. The molecular formula is C10H12ClN5. The summed E-state index contributed by atoms with van der Waals surface area (Å²) in [5.74, 6) is 2.35. The average molecular weight is 238 g/mol. The Hall–Kier alpha value is -1.62. The molecule has 0 bridgehead atoms. The number of imidazole rings is 1. The molecule has 0 aliphatic rings. The molecule has 0 amide bonds. The monoisotopic (exact) mass is 237 g/mol. The quantitative estimate of drug-likeness (QED) is 0.796. The Morgan fingerprint density at radius 3 is 3.00 bits per heavy atom. The van der Waals surface area contributed by atoms with Gasteiger partial charge >= 0.3 is 0 Å². The number of hydrogen-bond acceptors (Lipinski definition) is 4. The van der Waals surface area contributed by atoms with E-state index < -0.39 is 0 Å². The molecular weight excluding hydrogens is 226 g/mol. The van der Waals surface area contributed by atoms with E-state index >= 15 is 0 Å². The number of nitrogens with one attached hydrogen (secondary N) is 2. The van der Waals surface area contributed by atoms with Crippen LogP contribution in [0, 0.1) is 6.92 Å². The molecule has 0 aromatic carbocycles. The molecule has 0 saturated carbocycles. The molecule has 0 fully saturated rings. The second kappa shape index (κ2) is 4.94. The lowest BCUT2D eigenvalue weighted by Crippen LogP contribution is -2.08. The molecule has 0 aliphatic carbocycles. The number of nitrogens with zero attached hydrogens (tertiary/aromatic N) is 3. The molecule has 0 atom stereocenters. The number of rotatable bonds is 4. The third-order valence-corrected chi connectivity index (χ3v) is 2.22. The van der Waals surface area contributed by atoms with Crippen LogP contribution in [0.25, 0.3) is 0 Å². The Bertz CT molecular complexity index is 434. The maximum absolute atomic E-state index is 5.82. The normalized spacial score (nSPS) is 10.4. The zero-order valence-corrected chi connectivity index (χ0v) is 9.62. The molecule has 2 heterocycles. The fourth-order valence-electron chi connectivity index (χ4n) is 1.37.